The fraction of sp³-hybridized carbons (Fsp3) is 0.300. The van der Waals surface area contributed by atoms with Crippen LogP contribution < -0.4 is 20.9 Å². The molecule has 11 heteroatoms. The predicted molar refractivity (Wildman–Crippen MR) is 119 cm³/mol. The highest BCUT2D eigenvalue weighted by molar-refractivity contribution is 9.10. The molecule has 9 nitrogen and oxygen atoms in total. The van der Waals surface area contributed by atoms with E-state index in [-0.39, 0.29) is 24.0 Å². The van der Waals surface area contributed by atoms with Crippen LogP contribution in [0.4, 0.5) is 0 Å². The van der Waals surface area contributed by atoms with E-state index in [0.717, 1.165) is 0 Å². The van der Waals surface area contributed by atoms with Gasteiger partial charge in [0, 0.05) is 18.5 Å². The van der Waals surface area contributed by atoms with Crippen molar-refractivity contribution in [2.45, 2.75) is 19.9 Å². The molecule has 31 heavy (non-hydrogen) atoms. The summed E-state index contributed by atoms with van der Waals surface area (Å²) >= 11 is 8.41. The van der Waals surface area contributed by atoms with E-state index in [1.54, 1.807) is 35.2 Å². The number of carbonyl (C=O) groups excluding carboxylic acids is 3. The van der Waals surface area contributed by atoms with E-state index in [1.807, 2.05) is 6.92 Å². The monoisotopic (exact) mass is 508 g/mol. The summed E-state index contributed by atoms with van der Waals surface area (Å²) < 4.78 is 11.3. The summed E-state index contributed by atoms with van der Waals surface area (Å²) in [6.45, 7) is 2.95. The van der Waals surface area contributed by atoms with Gasteiger partial charge in [0.1, 0.15) is 11.5 Å². The number of nitrogens with zero attached hydrogens (tertiary/aromatic N) is 1. The van der Waals surface area contributed by atoms with Crippen molar-refractivity contribution in [3.05, 3.63) is 52.4 Å². The molecule has 3 rings (SSSR count). The van der Waals surface area contributed by atoms with Crippen LogP contribution >= 0.6 is 28.1 Å². The van der Waals surface area contributed by atoms with Crippen molar-refractivity contribution in [3.8, 4) is 5.75 Å². The molecule has 1 atom stereocenters. The first-order valence-electron chi connectivity index (χ1n) is 9.51. The SMILES string of the molecule is CCOc1ccc(C(=O)NC(=S)NNC(=O)C2CC(=O)N(Cc3ccco3)C2)cc1Br. The molecule has 0 bridgehead atoms. The molecule has 0 aliphatic carbocycles. The molecule has 1 unspecified atom stereocenters. The van der Waals surface area contributed by atoms with E-state index in [4.69, 9.17) is 21.4 Å². The van der Waals surface area contributed by atoms with Crippen molar-refractivity contribution < 1.29 is 23.5 Å². The second-order valence-electron chi connectivity index (χ2n) is 6.73. The number of carbonyl (C=O) groups is 3. The molecule has 0 radical (unpaired) electrons. The van der Waals surface area contributed by atoms with Gasteiger partial charge in [-0.15, -0.1) is 0 Å². The molecule has 0 spiro atoms. The minimum atomic E-state index is -0.532. The second-order valence-corrected chi connectivity index (χ2v) is 7.99. The van der Waals surface area contributed by atoms with Crippen LogP contribution in [0.1, 0.15) is 29.5 Å². The standard InChI is InChI=1S/C20H21BrN4O5S/c1-2-29-16-6-5-12(8-15(16)21)18(27)22-20(31)24-23-19(28)13-9-17(26)25(10-13)11-14-4-3-7-30-14/h3-8,13H,2,9-11H2,1H3,(H,23,28)(H2,22,24,27,31). The van der Waals surface area contributed by atoms with Crippen molar-refractivity contribution in [3.63, 3.8) is 0 Å². The third-order valence-corrected chi connectivity index (χ3v) is 5.36. The smallest absolute Gasteiger partial charge is 0.257 e. The van der Waals surface area contributed by atoms with E-state index in [2.05, 4.69) is 32.1 Å². The van der Waals surface area contributed by atoms with Gasteiger partial charge in [-0.25, -0.2) is 0 Å². The third kappa shape index (κ3) is 6.05. The first-order chi connectivity index (χ1) is 14.9. The van der Waals surface area contributed by atoms with Gasteiger partial charge >= 0.3 is 0 Å². The lowest BCUT2D eigenvalue weighted by Gasteiger charge is -2.16. The first kappa shape index (κ1) is 22.8. The Balaban J connectivity index is 1.46. The van der Waals surface area contributed by atoms with Gasteiger partial charge in [0.25, 0.3) is 5.91 Å². The maximum absolute atomic E-state index is 12.4. The largest absolute Gasteiger partial charge is 0.493 e. The molecule has 2 heterocycles. The van der Waals surface area contributed by atoms with Gasteiger partial charge in [-0.3, -0.25) is 30.6 Å². The lowest BCUT2D eigenvalue weighted by atomic mass is 10.1. The summed E-state index contributed by atoms with van der Waals surface area (Å²) in [7, 11) is 0. The van der Waals surface area contributed by atoms with Crippen LogP contribution in [0.3, 0.4) is 0 Å². The third-order valence-electron chi connectivity index (χ3n) is 4.53. The van der Waals surface area contributed by atoms with Gasteiger partial charge in [0.05, 0.1) is 29.8 Å². The lowest BCUT2D eigenvalue weighted by molar-refractivity contribution is -0.129. The van der Waals surface area contributed by atoms with Crippen molar-refractivity contribution in [1.82, 2.24) is 21.1 Å². The molecular weight excluding hydrogens is 488 g/mol. The van der Waals surface area contributed by atoms with E-state index >= 15 is 0 Å². The molecule has 1 aromatic heterocycles. The molecule has 0 saturated carbocycles. The number of hydrogen-bond donors (Lipinski definition) is 3. The fourth-order valence-electron chi connectivity index (χ4n) is 3.03. The molecule has 1 aliphatic heterocycles. The van der Waals surface area contributed by atoms with E-state index < -0.39 is 17.7 Å². The number of amides is 3. The Hall–Kier alpha value is -2.92. The Morgan fingerprint density at radius 3 is 2.81 bits per heavy atom. The Morgan fingerprint density at radius 1 is 1.32 bits per heavy atom. The average Bonchev–Trinajstić information content (AvgIpc) is 3.38. The van der Waals surface area contributed by atoms with Crippen molar-refractivity contribution in [2.24, 2.45) is 5.92 Å². The summed E-state index contributed by atoms with van der Waals surface area (Å²) in [5.41, 5.74) is 5.30. The molecule has 1 saturated heterocycles. The molecule has 3 amide bonds. The summed E-state index contributed by atoms with van der Waals surface area (Å²) in [4.78, 5) is 38.4. The number of ether oxygens (including phenoxy) is 1. The minimum absolute atomic E-state index is 0.0693. The number of thiocarbonyl (C=S) groups is 1. The number of furan rings is 1. The topological polar surface area (TPSA) is 113 Å². The van der Waals surface area contributed by atoms with E-state index in [1.165, 1.54) is 6.26 Å². The maximum Gasteiger partial charge on any atom is 0.257 e. The number of rotatable bonds is 6. The van der Waals surface area contributed by atoms with Crippen molar-refractivity contribution in [1.29, 1.82) is 0 Å². The van der Waals surface area contributed by atoms with Gasteiger partial charge in [-0.2, -0.15) is 0 Å². The number of benzene rings is 1. The highest BCUT2D eigenvalue weighted by atomic mass is 79.9. The second kappa shape index (κ2) is 10.4. The highest BCUT2D eigenvalue weighted by Crippen LogP contribution is 2.26. The molecule has 2 aromatic rings. The number of hydrogen-bond acceptors (Lipinski definition) is 6. The van der Waals surface area contributed by atoms with Crippen molar-refractivity contribution >= 4 is 51.0 Å². The number of halogens is 1. The average molecular weight is 509 g/mol. The number of likely N-dealkylation sites (tertiary alicyclic amines) is 1. The Kier molecular flexibility index (Phi) is 7.64. The van der Waals surface area contributed by atoms with Crippen LogP contribution in [0.2, 0.25) is 0 Å². The predicted octanol–water partition coefficient (Wildman–Crippen LogP) is 2.12. The van der Waals surface area contributed by atoms with Crippen LogP contribution in [0.5, 0.6) is 5.75 Å². The lowest BCUT2D eigenvalue weighted by Crippen LogP contribution is -2.50. The molecule has 1 aromatic carbocycles. The molecule has 164 valence electrons. The van der Waals surface area contributed by atoms with Crippen molar-refractivity contribution in [2.75, 3.05) is 13.2 Å². The van der Waals surface area contributed by atoms with Crippen LogP contribution in [0.25, 0.3) is 0 Å². The zero-order valence-electron chi connectivity index (χ0n) is 16.6. The van der Waals surface area contributed by atoms with Crippen LogP contribution in [0, 0.1) is 5.92 Å². The molecular formula is C20H21BrN4O5S. The van der Waals surface area contributed by atoms with Crippen LogP contribution in [0.15, 0.2) is 45.5 Å². The summed E-state index contributed by atoms with van der Waals surface area (Å²) in [6, 6.07) is 8.40. The van der Waals surface area contributed by atoms with Gasteiger partial charge < -0.3 is 14.1 Å². The minimum Gasteiger partial charge on any atom is -0.493 e. The Morgan fingerprint density at radius 2 is 2.13 bits per heavy atom. The molecule has 1 aliphatic rings. The number of hydrazine groups is 1. The maximum atomic E-state index is 12.4. The molecule has 1 fully saturated rings. The van der Waals surface area contributed by atoms with Gasteiger partial charge in [0.2, 0.25) is 11.8 Å². The zero-order chi connectivity index (χ0) is 22.4. The van der Waals surface area contributed by atoms with Gasteiger partial charge in [-0.1, -0.05) is 0 Å². The summed E-state index contributed by atoms with van der Waals surface area (Å²) in [5, 5.41) is 2.41. The Labute approximate surface area is 192 Å². The van der Waals surface area contributed by atoms with Crippen LogP contribution in [-0.2, 0) is 16.1 Å². The summed E-state index contributed by atoms with van der Waals surface area (Å²) in [6.07, 6.45) is 1.62. The van der Waals surface area contributed by atoms with Gasteiger partial charge in [-0.05, 0) is 65.4 Å². The normalized spacial score (nSPS) is 15.5. The zero-order valence-corrected chi connectivity index (χ0v) is 19.0. The fourth-order valence-corrected chi connectivity index (χ4v) is 3.67. The number of nitrogens with one attached hydrogen (secondary N) is 3. The summed E-state index contributed by atoms with van der Waals surface area (Å²) in [5.74, 6) is -0.229. The van der Waals surface area contributed by atoms with Gasteiger partial charge in [0.15, 0.2) is 5.11 Å². The Bertz CT molecular complexity index is 982. The first-order valence-corrected chi connectivity index (χ1v) is 10.7. The highest BCUT2D eigenvalue weighted by Gasteiger charge is 2.34. The molecule has 3 N–H and O–H groups in total. The van der Waals surface area contributed by atoms with Crippen LogP contribution in [-0.4, -0.2) is 40.9 Å². The van der Waals surface area contributed by atoms with E-state index in [0.29, 0.717) is 34.7 Å². The quantitative estimate of drug-likeness (QED) is 0.404. The van der Waals surface area contributed by atoms with E-state index in [9.17, 15) is 14.4 Å².